The fraction of sp³-hybridized carbons (Fsp3) is 0.259. The van der Waals surface area contributed by atoms with Gasteiger partial charge in [-0.1, -0.05) is 60.1 Å². The summed E-state index contributed by atoms with van der Waals surface area (Å²) in [6, 6.07) is 23.0. The molecule has 0 saturated heterocycles. The standard InChI is InChI=1S/C27H28ClN3O3/c1-30(17-19-9-5-4-6-10-19)18-27(32)31-25(22-14-13-20(33-2)15-26(22)34-3)16-24(29-31)21-11-7-8-12-23(21)28/h4-15,25H,16-18H2,1-3H3/t25-/m0/s1. The van der Waals surface area contributed by atoms with Crippen LogP contribution in [0, 0.1) is 0 Å². The molecule has 0 unspecified atom stereocenters. The Labute approximate surface area is 205 Å². The highest BCUT2D eigenvalue weighted by atomic mass is 35.5. The van der Waals surface area contributed by atoms with E-state index in [1.54, 1.807) is 19.2 Å². The molecule has 0 spiro atoms. The molecule has 3 aromatic carbocycles. The van der Waals surface area contributed by atoms with Gasteiger partial charge in [0.15, 0.2) is 0 Å². The van der Waals surface area contributed by atoms with Gasteiger partial charge in [-0.15, -0.1) is 0 Å². The number of likely N-dealkylation sites (N-methyl/N-ethyl adjacent to an activating group) is 1. The highest BCUT2D eigenvalue weighted by Gasteiger charge is 2.35. The van der Waals surface area contributed by atoms with Crippen LogP contribution in [0.4, 0.5) is 0 Å². The Balaban J connectivity index is 1.63. The van der Waals surface area contributed by atoms with Crippen molar-refractivity contribution in [3.8, 4) is 11.5 Å². The van der Waals surface area contributed by atoms with Gasteiger partial charge in [0.1, 0.15) is 11.5 Å². The number of methoxy groups -OCH3 is 2. The van der Waals surface area contributed by atoms with Crippen LogP contribution in [0.3, 0.4) is 0 Å². The molecule has 0 bridgehead atoms. The predicted octanol–water partition coefficient (Wildman–Crippen LogP) is 5.17. The first kappa shape index (κ1) is 23.8. The van der Waals surface area contributed by atoms with Crippen molar-refractivity contribution in [3.63, 3.8) is 0 Å². The van der Waals surface area contributed by atoms with E-state index >= 15 is 0 Å². The summed E-state index contributed by atoms with van der Waals surface area (Å²) < 4.78 is 11.0. The lowest BCUT2D eigenvalue weighted by molar-refractivity contribution is -0.134. The van der Waals surface area contributed by atoms with Crippen molar-refractivity contribution in [2.24, 2.45) is 5.10 Å². The van der Waals surface area contributed by atoms with Gasteiger partial charge >= 0.3 is 0 Å². The van der Waals surface area contributed by atoms with Gasteiger partial charge in [-0.05, 0) is 30.8 Å². The van der Waals surface area contributed by atoms with E-state index in [1.165, 1.54) is 0 Å². The molecule has 1 aliphatic rings. The second-order valence-corrected chi connectivity index (χ2v) is 8.66. The lowest BCUT2D eigenvalue weighted by Gasteiger charge is -2.26. The van der Waals surface area contributed by atoms with Crippen molar-refractivity contribution in [1.82, 2.24) is 9.91 Å². The lowest BCUT2D eigenvalue weighted by Crippen LogP contribution is -2.36. The number of nitrogens with zero attached hydrogens (tertiary/aromatic N) is 3. The van der Waals surface area contributed by atoms with Gasteiger partial charge < -0.3 is 9.47 Å². The first-order valence-corrected chi connectivity index (χ1v) is 11.5. The van der Waals surface area contributed by atoms with E-state index in [0.717, 1.165) is 22.4 Å². The Morgan fingerprint density at radius 3 is 2.50 bits per heavy atom. The average Bonchev–Trinajstić information content (AvgIpc) is 3.29. The van der Waals surface area contributed by atoms with Gasteiger partial charge in [-0.25, -0.2) is 5.01 Å². The quantitative estimate of drug-likeness (QED) is 0.449. The van der Waals surface area contributed by atoms with Crippen LogP contribution in [0.5, 0.6) is 11.5 Å². The van der Waals surface area contributed by atoms with Crippen LogP contribution in [0.15, 0.2) is 77.9 Å². The Morgan fingerprint density at radius 2 is 1.79 bits per heavy atom. The maximum Gasteiger partial charge on any atom is 0.257 e. The van der Waals surface area contributed by atoms with E-state index in [4.69, 9.17) is 26.2 Å². The molecular weight excluding hydrogens is 450 g/mol. The number of ether oxygens (including phenoxy) is 2. The Kier molecular flexibility index (Phi) is 7.50. The molecule has 176 valence electrons. The smallest absolute Gasteiger partial charge is 0.257 e. The zero-order valence-corrected chi connectivity index (χ0v) is 20.3. The second kappa shape index (κ2) is 10.7. The highest BCUT2D eigenvalue weighted by molar-refractivity contribution is 6.34. The number of hydrazone groups is 1. The van der Waals surface area contributed by atoms with Crippen LogP contribution in [0.2, 0.25) is 5.02 Å². The number of carbonyl (C=O) groups excluding carboxylic acids is 1. The zero-order valence-electron chi connectivity index (χ0n) is 19.6. The molecule has 0 aliphatic carbocycles. The molecule has 0 saturated carbocycles. The SMILES string of the molecule is COc1ccc([C@@H]2CC(c3ccccc3Cl)=NN2C(=O)CN(C)Cc2ccccc2)c(OC)c1. The fourth-order valence-electron chi connectivity index (χ4n) is 4.19. The minimum absolute atomic E-state index is 0.0941. The monoisotopic (exact) mass is 477 g/mol. The molecule has 0 aromatic heterocycles. The van der Waals surface area contributed by atoms with E-state index in [9.17, 15) is 4.79 Å². The predicted molar refractivity (Wildman–Crippen MR) is 135 cm³/mol. The number of benzene rings is 3. The average molecular weight is 478 g/mol. The summed E-state index contributed by atoms with van der Waals surface area (Å²) >= 11 is 6.46. The van der Waals surface area contributed by atoms with Gasteiger partial charge in [0.2, 0.25) is 0 Å². The molecule has 1 amide bonds. The van der Waals surface area contributed by atoms with E-state index < -0.39 is 0 Å². The normalized spacial score (nSPS) is 15.4. The summed E-state index contributed by atoms with van der Waals surface area (Å²) in [5, 5.41) is 6.94. The van der Waals surface area contributed by atoms with Gasteiger partial charge in [0.05, 0.1) is 32.5 Å². The topological polar surface area (TPSA) is 54.4 Å². The zero-order chi connectivity index (χ0) is 24.1. The number of hydrogen-bond donors (Lipinski definition) is 0. The summed E-state index contributed by atoms with van der Waals surface area (Å²) in [4.78, 5) is 15.5. The van der Waals surface area contributed by atoms with Crippen molar-refractivity contribution >= 4 is 23.2 Å². The summed E-state index contributed by atoms with van der Waals surface area (Å²) in [5.74, 6) is 1.24. The first-order chi connectivity index (χ1) is 16.5. The van der Waals surface area contributed by atoms with Crippen LogP contribution < -0.4 is 9.47 Å². The van der Waals surface area contributed by atoms with Crippen molar-refractivity contribution in [1.29, 1.82) is 0 Å². The van der Waals surface area contributed by atoms with Crippen LogP contribution in [0.1, 0.15) is 29.2 Å². The van der Waals surface area contributed by atoms with Crippen molar-refractivity contribution < 1.29 is 14.3 Å². The second-order valence-electron chi connectivity index (χ2n) is 8.25. The maximum absolute atomic E-state index is 13.5. The molecule has 34 heavy (non-hydrogen) atoms. The minimum Gasteiger partial charge on any atom is -0.497 e. The van der Waals surface area contributed by atoms with Crippen molar-refractivity contribution in [2.75, 3.05) is 27.8 Å². The van der Waals surface area contributed by atoms with Gasteiger partial charge in [-0.2, -0.15) is 5.10 Å². The molecular formula is C27H28ClN3O3. The molecule has 1 atom stereocenters. The highest BCUT2D eigenvalue weighted by Crippen LogP contribution is 2.39. The fourth-order valence-corrected chi connectivity index (χ4v) is 4.43. The number of hydrogen-bond acceptors (Lipinski definition) is 5. The third-order valence-electron chi connectivity index (χ3n) is 5.85. The molecule has 1 aliphatic heterocycles. The Hall–Kier alpha value is -3.35. The Bertz CT molecular complexity index is 1180. The molecule has 3 aromatic rings. The first-order valence-electron chi connectivity index (χ1n) is 11.1. The Morgan fingerprint density at radius 1 is 1.06 bits per heavy atom. The van der Waals surface area contributed by atoms with Crippen LogP contribution in [-0.4, -0.2) is 49.3 Å². The van der Waals surface area contributed by atoms with Crippen molar-refractivity contribution in [3.05, 3.63) is 94.5 Å². The van der Waals surface area contributed by atoms with Crippen LogP contribution in [0.25, 0.3) is 0 Å². The largest absolute Gasteiger partial charge is 0.497 e. The molecule has 6 nitrogen and oxygen atoms in total. The molecule has 4 rings (SSSR count). The van der Waals surface area contributed by atoms with Gasteiger partial charge in [-0.3, -0.25) is 9.69 Å². The van der Waals surface area contributed by atoms with Gasteiger partial charge in [0.25, 0.3) is 5.91 Å². The van der Waals surface area contributed by atoms with E-state index in [-0.39, 0.29) is 18.5 Å². The van der Waals surface area contributed by atoms with E-state index in [2.05, 4.69) is 12.1 Å². The lowest BCUT2D eigenvalue weighted by atomic mass is 9.97. The number of carbonyl (C=O) groups is 1. The molecule has 0 fully saturated rings. The maximum atomic E-state index is 13.5. The van der Waals surface area contributed by atoms with Crippen LogP contribution in [-0.2, 0) is 11.3 Å². The van der Waals surface area contributed by atoms with Crippen molar-refractivity contribution in [2.45, 2.75) is 19.0 Å². The molecule has 1 heterocycles. The molecule has 0 radical (unpaired) electrons. The third kappa shape index (κ3) is 5.24. The number of rotatable bonds is 8. The summed E-state index contributed by atoms with van der Waals surface area (Å²) in [7, 11) is 5.16. The number of halogens is 1. The molecule has 7 heteroatoms. The summed E-state index contributed by atoms with van der Waals surface area (Å²) in [6.07, 6.45) is 0.528. The van der Waals surface area contributed by atoms with Crippen LogP contribution >= 0.6 is 11.6 Å². The minimum atomic E-state index is -0.315. The summed E-state index contributed by atoms with van der Waals surface area (Å²) in [6.45, 7) is 0.890. The number of amides is 1. The summed E-state index contributed by atoms with van der Waals surface area (Å²) in [5.41, 5.74) is 3.61. The van der Waals surface area contributed by atoms with E-state index in [1.807, 2.05) is 72.6 Å². The molecule has 0 N–H and O–H groups in total. The van der Waals surface area contributed by atoms with E-state index in [0.29, 0.717) is 29.5 Å². The third-order valence-corrected chi connectivity index (χ3v) is 6.18. The van der Waals surface area contributed by atoms with Gasteiger partial charge in [0, 0.05) is 35.2 Å².